The summed E-state index contributed by atoms with van der Waals surface area (Å²) in [6, 6.07) is 0. The van der Waals surface area contributed by atoms with Gasteiger partial charge in [-0.05, 0) is 19.8 Å². The Balaban J connectivity index is 0.00000121. The molecule has 1 rings (SSSR count). The fourth-order valence-electron chi connectivity index (χ4n) is 1.17. The Morgan fingerprint density at radius 2 is 1.83 bits per heavy atom. The van der Waals surface area contributed by atoms with Crippen molar-refractivity contribution in [3.05, 3.63) is 23.3 Å². The molecule has 1 aromatic rings. The summed E-state index contributed by atoms with van der Waals surface area (Å²) in [6.07, 6.45) is 1.82. The summed E-state index contributed by atoms with van der Waals surface area (Å²) in [5, 5.41) is 0. The van der Waals surface area contributed by atoms with Crippen LogP contribution in [-0.4, -0.2) is 9.97 Å². The van der Waals surface area contributed by atoms with E-state index in [9.17, 15) is 0 Å². The van der Waals surface area contributed by atoms with Gasteiger partial charge in [-0.2, -0.15) is 0 Å². The molecule has 1 aromatic heterocycles. The maximum absolute atomic E-state index is 4.33. The molecular weight excluding hydrogens is 148 g/mol. The van der Waals surface area contributed by atoms with E-state index in [1.54, 1.807) is 0 Å². The normalized spacial score (nSPS) is 9.75. The number of nitrogens with zero attached hydrogens (tertiary/aromatic N) is 2. The smallest absolute Gasteiger partial charge is 0.0641 e. The van der Waals surface area contributed by atoms with Gasteiger partial charge < -0.3 is 0 Å². The van der Waals surface area contributed by atoms with Crippen LogP contribution in [0.4, 0.5) is 0 Å². The molecule has 0 saturated heterocycles. The van der Waals surface area contributed by atoms with Gasteiger partial charge in [-0.25, -0.2) is 0 Å². The number of hydrogen-bond acceptors (Lipinski definition) is 2. The molecule has 0 unspecified atom stereocenters. The predicted molar refractivity (Wildman–Crippen MR) is 52.3 cm³/mol. The summed E-state index contributed by atoms with van der Waals surface area (Å²) in [4.78, 5) is 8.65. The van der Waals surface area contributed by atoms with Crippen LogP contribution < -0.4 is 0 Å². The molecule has 0 bridgehead atoms. The van der Waals surface area contributed by atoms with E-state index in [0.29, 0.717) is 5.92 Å². The van der Waals surface area contributed by atoms with Crippen molar-refractivity contribution in [3.63, 3.8) is 0 Å². The zero-order valence-corrected chi connectivity index (χ0v) is 7.55. The highest BCUT2D eigenvalue weighted by molar-refractivity contribution is 5.14. The number of hydrogen-bond donors (Lipinski definition) is 0. The molecule has 0 radical (unpaired) electrons. The van der Waals surface area contributed by atoms with Crippen LogP contribution in [0, 0.1) is 13.8 Å². The van der Waals surface area contributed by atoms with Gasteiger partial charge in [-0.3, -0.25) is 9.97 Å². The van der Waals surface area contributed by atoms with Crippen molar-refractivity contribution < 1.29 is 0 Å². The van der Waals surface area contributed by atoms with Crippen LogP contribution >= 0.6 is 0 Å². The van der Waals surface area contributed by atoms with Gasteiger partial charge in [0.15, 0.2) is 0 Å². The molecule has 0 saturated carbocycles. The molecule has 2 nitrogen and oxygen atoms in total. The van der Waals surface area contributed by atoms with E-state index < -0.39 is 0 Å². The first-order valence-corrected chi connectivity index (χ1v) is 3.91. The minimum Gasteiger partial charge on any atom is -0.257 e. The lowest BCUT2D eigenvalue weighted by Crippen LogP contribution is -2.00. The quantitative estimate of drug-likeness (QED) is 0.641. The standard InChI is InChI=1S/C9H14N2.CH4/c1-6(2)9-8(4)11-7(3)5-10-9;/h5-6H,1-4H3;1H4. The Morgan fingerprint density at radius 3 is 2.25 bits per heavy atom. The van der Waals surface area contributed by atoms with E-state index in [-0.39, 0.29) is 7.43 Å². The first-order valence-electron chi connectivity index (χ1n) is 3.91. The SMILES string of the molecule is C.Cc1cnc(C(C)C)c(C)n1. The molecule has 0 aliphatic rings. The molecule has 0 atom stereocenters. The van der Waals surface area contributed by atoms with Crippen molar-refractivity contribution in [3.8, 4) is 0 Å². The van der Waals surface area contributed by atoms with Crippen LogP contribution in [0.1, 0.15) is 44.3 Å². The minimum atomic E-state index is 0. The lowest BCUT2D eigenvalue weighted by atomic mass is 10.1. The van der Waals surface area contributed by atoms with Gasteiger partial charge in [0.25, 0.3) is 0 Å². The Hall–Kier alpha value is -0.920. The zero-order valence-electron chi connectivity index (χ0n) is 7.55. The third-order valence-electron chi connectivity index (χ3n) is 1.65. The molecule has 0 aliphatic heterocycles. The second kappa shape index (κ2) is 4.19. The average Bonchev–Trinajstić information content (AvgIpc) is 1.85. The highest BCUT2D eigenvalue weighted by Gasteiger charge is 2.04. The summed E-state index contributed by atoms with van der Waals surface area (Å²) in [5.41, 5.74) is 3.16. The van der Waals surface area contributed by atoms with Gasteiger partial charge >= 0.3 is 0 Å². The van der Waals surface area contributed by atoms with E-state index in [0.717, 1.165) is 17.1 Å². The van der Waals surface area contributed by atoms with Gasteiger partial charge in [0, 0.05) is 6.20 Å². The average molecular weight is 166 g/mol. The van der Waals surface area contributed by atoms with E-state index >= 15 is 0 Å². The minimum absolute atomic E-state index is 0. The molecule has 68 valence electrons. The lowest BCUT2D eigenvalue weighted by molar-refractivity contribution is 0.789. The van der Waals surface area contributed by atoms with Crippen LogP contribution in [0.5, 0.6) is 0 Å². The summed E-state index contributed by atoms with van der Waals surface area (Å²) in [7, 11) is 0. The predicted octanol–water partition coefficient (Wildman–Crippen LogP) is 2.85. The van der Waals surface area contributed by atoms with Crippen molar-refractivity contribution in [2.75, 3.05) is 0 Å². The molecule has 0 spiro atoms. The summed E-state index contributed by atoms with van der Waals surface area (Å²) >= 11 is 0. The fourth-order valence-corrected chi connectivity index (χ4v) is 1.17. The zero-order chi connectivity index (χ0) is 8.43. The molecule has 2 heteroatoms. The monoisotopic (exact) mass is 166 g/mol. The van der Waals surface area contributed by atoms with Crippen LogP contribution in [0.15, 0.2) is 6.20 Å². The highest BCUT2D eigenvalue weighted by Crippen LogP contribution is 2.13. The first kappa shape index (κ1) is 11.1. The molecule has 1 heterocycles. The molecule has 12 heavy (non-hydrogen) atoms. The highest BCUT2D eigenvalue weighted by atomic mass is 14.8. The van der Waals surface area contributed by atoms with Crippen LogP contribution in [0.2, 0.25) is 0 Å². The van der Waals surface area contributed by atoms with Gasteiger partial charge in [0.05, 0.1) is 17.1 Å². The van der Waals surface area contributed by atoms with E-state index in [1.807, 2.05) is 20.0 Å². The lowest BCUT2D eigenvalue weighted by Gasteiger charge is -2.06. The van der Waals surface area contributed by atoms with Gasteiger partial charge in [0.1, 0.15) is 0 Å². The molecule has 0 fully saturated rings. The van der Waals surface area contributed by atoms with E-state index in [4.69, 9.17) is 0 Å². The Labute approximate surface area is 75.1 Å². The van der Waals surface area contributed by atoms with Gasteiger partial charge in [0.2, 0.25) is 0 Å². The second-order valence-electron chi connectivity index (χ2n) is 3.14. The maximum Gasteiger partial charge on any atom is 0.0641 e. The van der Waals surface area contributed by atoms with Crippen LogP contribution in [-0.2, 0) is 0 Å². The summed E-state index contributed by atoms with van der Waals surface area (Å²) in [6.45, 7) is 8.23. The maximum atomic E-state index is 4.33. The molecule has 0 aromatic carbocycles. The van der Waals surface area contributed by atoms with Crippen LogP contribution in [0.25, 0.3) is 0 Å². The van der Waals surface area contributed by atoms with Gasteiger partial charge in [-0.15, -0.1) is 0 Å². The largest absolute Gasteiger partial charge is 0.257 e. The molecule has 0 N–H and O–H groups in total. The number of aryl methyl sites for hydroxylation is 2. The van der Waals surface area contributed by atoms with E-state index in [2.05, 4.69) is 23.8 Å². The van der Waals surface area contributed by atoms with Crippen molar-refractivity contribution in [1.29, 1.82) is 0 Å². The summed E-state index contributed by atoms with van der Waals surface area (Å²) in [5.74, 6) is 0.475. The Bertz CT molecular complexity index is 254. The number of aromatic nitrogens is 2. The molecule has 0 amide bonds. The number of rotatable bonds is 1. The molecular formula is C10H18N2. The van der Waals surface area contributed by atoms with Crippen molar-refractivity contribution >= 4 is 0 Å². The van der Waals surface area contributed by atoms with E-state index in [1.165, 1.54) is 0 Å². The fraction of sp³-hybridized carbons (Fsp3) is 0.600. The van der Waals surface area contributed by atoms with Crippen molar-refractivity contribution in [2.24, 2.45) is 0 Å². The third kappa shape index (κ3) is 2.29. The Morgan fingerprint density at radius 1 is 1.25 bits per heavy atom. The Kier molecular flexibility index (Phi) is 3.87. The van der Waals surface area contributed by atoms with Crippen molar-refractivity contribution in [2.45, 2.75) is 41.0 Å². The first-order chi connectivity index (χ1) is 5.11. The third-order valence-corrected chi connectivity index (χ3v) is 1.65. The second-order valence-corrected chi connectivity index (χ2v) is 3.14. The topological polar surface area (TPSA) is 25.8 Å². The van der Waals surface area contributed by atoms with Crippen molar-refractivity contribution in [1.82, 2.24) is 9.97 Å². The van der Waals surface area contributed by atoms with Gasteiger partial charge in [-0.1, -0.05) is 21.3 Å². The molecule has 0 aliphatic carbocycles. The van der Waals surface area contributed by atoms with Crippen LogP contribution in [0.3, 0.4) is 0 Å². The summed E-state index contributed by atoms with van der Waals surface area (Å²) < 4.78 is 0.